The van der Waals surface area contributed by atoms with E-state index in [0.717, 1.165) is 0 Å². The summed E-state index contributed by atoms with van der Waals surface area (Å²) in [5, 5.41) is 2.98. The van der Waals surface area contributed by atoms with Crippen LogP contribution >= 0.6 is 0 Å². The van der Waals surface area contributed by atoms with Crippen molar-refractivity contribution in [2.75, 3.05) is 31.7 Å². The van der Waals surface area contributed by atoms with Crippen LogP contribution in [0, 0.1) is 0 Å². The first-order valence-corrected chi connectivity index (χ1v) is 6.82. The minimum atomic E-state index is -2.86. The van der Waals surface area contributed by atoms with E-state index in [2.05, 4.69) is 10.1 Å². The van der Waals surface area contributed by atoms with Gasteiger partial charge in [-0.1, -0.05) is 6.92 Å². The molecule has 0 aliphatic carbocycles. The number of esters is 1. The van der Waals surface area contributed by atoms with Crippen molar-refractivity contribution in [2.24, 2.45) is 0 Å². The second-order valence-electron chi connectivity index (χ2n) is 3.17. The van der Waals surface area contributed by atoms with Gasteiger partial charge >= 0.3 is 5.97 Å². The summed E-state index contributed by atoms with van der Waals surface area (Å²) in [6.45, 7) is 2.77. The average molecular weight is 237 g/mol. The molecular weight excluding hydrogens is 218 g/mol. The van der Waals surface area contributed by atoms with Crippen molar-refractivity contribution in [3.05, 3.63) is 0 Å². The van der Waals surface area contributed by atoms with E-state index < -0.39 is 9.84 Å². The molecular formula is C9H19NO4S. The van der Waals surface area contributed by atoms with Gasteiger partial charge < -0.3 is 10.1 Å². The van der Waals surface area contributed by atoms with E-state index in [1.165, 1.54) is 7.11 Å². The van der Waals surface area contributed by atoms with E-state index >= 15 is 0 Å². The van der Waals surface area contributed by atoms with Crippen LogP contribution in [0.1, 0.15) is 19.8 Å². The molecule has 0 aromatic heterocycles. The van der Waals surface area contributed by atoms with Crippen LogP contribution in [-0.2, 0) is 19.4 Å². The minimum absolute atomic E-state index is 0.190. The number of carbonyl (C=O) groups is 1. The summed E-state index contributed by atoms with van der Waals surface area (Å²) in [7, 11) is -1.52. The first-order valence-electron chi connectivity index (χ1n) is 4.99. The van der Waals surface area contributed by atoms with E-state index in [9.17, 15) is 13.2 Å². The van der Waals surface area contributed by atoms with E-state index in [0.29, 0.717) is 25.9 Å². The molecule has 0 aliphatic rings. The largest absolute Gasteiger partial charge is 0.469 e. The first kappa shape index (κ1) is 14.4. The molecule has 5 nitrogen and oxygen atoms in total. The quantitative estimate of drug-likeness (QED) is 0.474. The van der Waals surface area contributed by atoms with E-state index in [4.69, 9.17) is 0 Å². The molecule has 1 N–H and O–H groups in total. The van der Waals surface area contributed by atoms with Gasteiger partial charge in [-0.05, 0) is 13.0 Å². The number of hydrogen-bond donors (Lipinski definition) is 1. The van der Waals surface area contributed by atoms with Gasteiger partial charge in [0.1, 0.15) is 9.84 Å². The fourth-order valence-electron chi connectivity index (χ4n) is 0.979. The zero-order valence-corrected chi connectivity index (χ0v) is 10.1. The molecule has 0 unspecified atom stereocenters. The van der Waals surface area contributed by atoms with Crippen LogP contribution in [0.4, 0.5) is 0 Å². The topological polar surface area (TPSA) is 72.5 Å². The third kappa shape index (κ3) is 8.38. The number of nitrogens with one attached hydrogen (secondary N) is 1. The van der Waals surface area contributed by atoms with Crippen molar-refractivity contribution in [1.82, 2.24) is 5.32 Å². The van der Waals surface area contributed by atoms with Gasteiger partial charge in [-0.15, -0.1) is 0 Å². The van der Waals surface area contributed by atoms with Crippen molar-refractivity contribution >= 4 is 15.8 Å². The Bertz CT molecular complexity index is 274. The second-order valence-corrected chi connectivity index (χ2v) is 5.64. The summed E-state index contributed by atoms with van der Waals surface area (Å²) in [6, 6.07) is 0. The minimum Gasteiger partial charge on any atom is -0.469 e. The number of sulfone groups is 1. The molecule has 0 spiro atoms. The SMILES string of the molecule is CCS(=O)(=O)CCCNCCC(=O)OC. The van der Waals surface area contributed by atoms with E-state index in [-0.39, 0.29) is 17.5 Å². The molecule has 0 aromatic carbocycles. The molecule has 0 fully saturated rings. The fraction of sp³-hybridized carbons (Fsp3) is 0.889. The van der Waals surface area contributed by atoms with Crippen LogP contribution in [0.25, 0.3) is 0 Å². The second kappa shape index (κ2) is 7.64. The van der Waals surface area contributed by atoms with Crippen LogP contribution in [0.15, 0.2) is 0 Å². The van der Waals surface area contributed by atoms with Crippen LogP contribution in [0.2, 0.25) is 0 Å². The van der Waals surface area contributed by atoms with Gasteiger partial charge in [0.25, 0.3) is 0 Å². The fourth-order valence-corrected chi connectivity index (χ4v) is 1.85. The standard InChI is InChI=1S/C9H19NO4S/c1-3-15(12,13)8-4-6-10-7-5-9(11)14-2/h10H,3-8H2,1-2H3. The van der Waals surface area contributed by atoms with Crippen LogP contribution in [-0.4, -0.2) is 46.1 Å². The Morgan fingerprint density at radius 3 is 2.53 bits per heavy atom. The summed E-state index contributed by atoms with van der Waals surface area (Å²) < 4.78 is 26.6. The highest BCUT2D eigenvalue weighted by molar-refractivity contribution is 7.91. The van der Waals surface area contributed by atoms with Gasteiger partial charge in [-0.3, -0.25) is 4.79 Å². The lowest BCUT2D eigenvalue weighted by Gasteiger charge is -2.03. The van der Waals surface area contributed by atoms with Gasteiger partial charge in [-0.25, -0.2) is 8.42 Å². The van der Waals surface area contributed by atoms with Gasteiger partial charge in [0.05, 0.1) is 19.3 Å². The van der Waals surface area contributed by atoms with Crippen molar-refractivity contribution in [3.63, 3.8) is 0 Å². The predicted molar refractivity (Wildman–Crippen MR) is 58.4 cm³/mol. The van der Waals surface area contributed by atoms with Crippen LogP contribution in [0.3, 0.4) is 0 Å². The first-order chi connectivity index (χ1) is 7.02. The molecule has 0 saturated carbocycles. The Morgan fingerprint density at radius 2 is 2.00 bits per heavy atom. The smallest absolute Gasteiger partial charge is 0.306 e. The molecule has 0 atom stereocenters. The van der Waals surface area contributed by atoms with E-state index in [1.54, 1.807) is 6.92 Å². The maximum absolute atomic E-state index is 11.1. The van der Waals surface area contributed by atoms with Crippen molar-refractivity contribution < 1.29 is 17.9 Å². The van der Waals surface area contributed by atoms with Gasteiger partial charge in [0, 0.05) is 12.3 Å². The molecule has 90 valence electrons. The Morgan fingerprint density at radius 1 is 1.33 bits per heavy atom. The lowest BCUT2D eigenvalue weighted by Crippen LogP contribution is -2.22. The third-order valence-corrected chi connectivity index (χ3v) is 3.77. The highest BCUT2D eigenvalue weighted by Gasteiger charge is 2.06. The van der Waals surface area contributed by atoms with Crippen molar-refractivity contribution in [1.29, 1.82) is 0 Å². The molecule has 0 aliphatic heterocycles. The molecule has 15 heavy (non-hydrogen) atoms. The Balaban J connectivity index is 3.37. The van der Waals surface area contributed by atoms with Gasteiger partial charge in [-0.2, -0.15) is 0 Å². The maximum Gasteiger partial charge on any atom is 0.306 e. The van der Waals surface area contributed by atoms with Crippen LogP contribution in [0.5, 0.6) is 0 Å². The summed E-state index contributed by atoms with van der Waals surface area (Å²) in [6.07, 6.45) is 0.897. The maximum atomic E-state index is 11.1. The molecule has 0 rings (SSSR count). The summed E-state index contributed by atoms with van der Waals surface area (Å²) in [5.74, 6) is 0.132. The lowest BCUT2D eigenvalue weighted by atomic mass is 10.4. The highest BCUT2D eigenvalue weighted by atomic mass is 32.2. The van der Waals surface area contributed by atoms with Crippen molar-refractivity contribution in [2.45, 2.75) is 19.8 Å². The molecule has 0 amide bonds. The molecule has 0 heterocycles. The summed E-state index contributed by atoms with van der Waals surface area (Å²) in [4.78, 5) is 10.7. The molecule has 0 bridgehead atoms. The number of hydrogen-bond acceptors (Lipinski definition) is 5. The van der Waals surface area contributed by atoms with Crippen LogP contribution < -0.4 is 5.32 Å². The number of ether oxygens (including phenoxy) is 1. The number of rotatable bonds is 8. The third-order valence-electron chi connectivity index (χ3n) is 1.98. The molecule has 0 radical (unpaired) electrons. The monoisotopic (exact) mass is 237 g/mol. The molecule has 0 aromatic rings. The number of carbonyl (C=O) groups excluding carboxylic acids is 1. The average Bonchev–Trinajstić information content (AvgIpc) is 2.22. The molecule has 0 saturated heterocycles. The Kier molecular flexibility index (Phi) is 7.33. The predicted octanol–water partition coefficient (Wildman–Crippen LogP) is -0.0361. The van der Waals surface area contributed by atoms with Gasteiger partial charge in [0.15, 0.2) is 0 Å². The Hall–Kier alpha value is -0.620. The Labute approximate surface area is 91.1 Å². The summed E-state index contributed by atoms with van der Waals surface area (Å²) >= 11 is 0. The highest BCUT2D eigenvalue weighted by Crippen LogP contribution is 1.92. The zero-order chi connectivity index (χ0) is 11.7. The van der Waals surface area contributed by atoms with E-state index in [1.807, 2.05) is 0 Å². The summed E-state index contributed by atoms with van der Waals surface area (Å²) in [5.41, 5.74) is 0. The van der Waals surface area contributed by atoms with Gasteiger partial charge in [0.2, 0.25) is 0 Å². The normalized spacial score (nSPS) is 11.3. The zero-order valence-electron chi connectivity index (χ0n) is 9.28. The number of methoxy groups -OCH3 is 1. The lowest BCUT2D eigenvalue weighted by molar-refractivity contribution is -0.140. The van der Waals surface area contributed by atoms with Crippen molar-refractivity contribution in [3.8, 4) is 0 Å². The molecule has 6 heteroatoms.